The van der Waals surface area contributed by atoms with E-state index in [0.717, 1.165) is 4.76 Å². The molecule has 0 bridgehead atoms. The molecule has 2 aliphatic rings. The molecular formula is C6H7N4O+. The van der Waals surface area contributed by atoms with Gasteiger partial charge in [-0.15, -0.1) is 0 Å². The van der Waals surface area contributed by atoms with Crippen LogP contribution < -0.4 is 0 Å². The molecule has 0 saturated carbocycles. The predicted molar refractivity (Wildman–Crippen MR) is 41.3 cm³/mol. The highest BCUT2D eigenvalue weighted by atomic mass is 16.3. The molecule has 0 aromatic carbocycles. The van der Waals surface area contributed by atoms with Gasteiger partial charge in [0.15, 0.2) is 12.1 Å². The smallest absolute Gasteiger partial charge is 0.255 e. The Morgan fingerprint density at radius 3 is 3.27 bits per heavy atom. The lowest BCUT2D eigenvalue weighted by atomic mass is 10.1. The van der Waals surface area contributed by atoms with Gasteiger partial charge < -0.3 is 0 Å². The van der Waals surface area contributed by atoms with E-state index in [-0.39, 0.29) is 12.1 Å². The third kappa shape index (κ3) is 0.806. The zero-order chi connectivity index (χ0) is 7.84. The molecule has 2 heterocycles. The number of amidine groups is 1. The van der Waals surface area contributed by atoms with Gasteiger partial charge in [-0.3, -0.25) is 4.99 Å². The molecule has 2 rings (SSSR count). The maximum atomic E-state index is 11.0. The number of nitrogens with zero attached hydrogens (tertiary/aromatic N) is 4. The number of nitroso groups, excluding NO2 is 1. The summed E-state index contributed by atoms with van der Waals surface area (Å²) in [5.41, 5.74) is 0. The molecule has 0 radical (unpaired) electrons. The van der Waals surface area contributed by atoms with Gasteiger partial charge in [0.05, 0.1) is 0 Å². The van der Waals surface area contributed by atoms with Crippen molar-refractivity contribution in [3.05, 3.63) is 4.91 Å². The number of aliphatic imine (C=N–C) groups is 3. The Bertz CT molecular complexity index is 291. The van der Waals surface area contributed by atoms with E-state index in [1.807, 2.05) is 0 Å². The van der Waals surface area contributed by atoms with E-state index < -0.39 is 0 Å². The van der Waals surface area contributed by atoms with Crippen molar-refractivity contribution in [2.45, 2.75) is 19.0 Å². The summed E-state index contributed by atoms with van der Waals surface area (Å²) in [6.07, 6.45) is 2.70. The van der Waals surface area contributed by atoms with E-state index in [0.29, 0.717) is 5.84 Å². The van der Waals surface area contributed by atoms with Crippen LogP contribution in [0.3, 0.4) is 0 Å². The maximum absolute atomic E-state index is 11.0. The minimum Gasteiger partial charge on any atom is -0.255 e. The molecule has 0 saturated heterocycles. The molecule has 5 heteroatoms. The van der Waals surface area contributed by atoms with E-state index in [4.69, 9.17) is 0 Å². The van der Waals surface area contributed by atoms with Crippen molar-refractivity contribution in [3.8, 4) is 0 Å². The van der Waals surface area contributed by atoms with E-state index in [9.17, 15) is 4.91 Å². The van der Waals surface area contributed by atoms with Gasteiger partial charge >= 0.3 is 6.34 Å². The molecule has 0 aromatic heterocycles. The molecule has 2 atom stereocenters. The molecule has 0 N–H and O–H groups in total. The van der Waals surface area contributed by atoms with Gasteiger partial charge in [0.25, 0.3) is 5.84 Å². The van der Waals surface area contributed by atoms with Crippen LogP contribution in [0.4, 0.5) is 0 Å². The van der Waals surface area contributed by atoms with Gasteiger partial charge in [0.1, 0.15) is 6.34 Å². The molecule has 0 spiro atoms. The van der Waals surface area contributed by atoms with Crippen molar-refractivity contribution in [1.29, 1.82) is 0 Å². The van der Waals surface area contributed by atoms with Crippen molar-refractivity contribution in [3.63, 3.8) is 0 Å². The van der Waals surface area contributed by atoms with Crippen LogP contribution in [-0.4, -0.2) is 35.4 Å². The average Bonchev–Trinajstić information content (AvgIpc) is 2.45. The van der Waals surface area contributed by atoms with Crippen LogP contribution in [0.15, 0.2) is 15.0 Å². The van der Waals surface area contributed by atoms with E-state index in [1.165, 1.54) is 12.7 Å². The van der Waals surface area contributed by atoms with Gasteiger partial charge in [0.2, 0.25) is 0 Å². The van der Waals surface area contributed by atoms with Crippen LogP contribution in [-0.2, 0) is 0 Å². The van der Waals surface area contributed by atoms with E-state index in [1.54, 1.807) is 6.92 Å². The number of hydrogen-bond donors (Lipinski definition) is 0. The molecular weight excluding hydrogens is 144 g/mol. The first-order valence-electron chi connectivity index (χ1n) is 3.38. The standard InChI is InChI=1S/C6H7N4O/c1-4-5-6(8-2-7-5)9-3-10(4)11/h2-5H,1H3/q+1. The van der Waals surface area contributed by atoms with Gasteiger partial charge in [-0.2, -0.15) is 4.99 Å². The first kappa shape index (κ1) is 6.33. The lowest BCUT2D eigenvalue weighted by Gasteiger charge is -2.10. The van der Waals surface area contributed by atoms with Crippen molar-refractivity contribution >= 4 is 18.5 Å². The highest BCUT2D eigenvalue weighted by Crippen LogP contribution is 2.13. The van der Waals surface area contributed by atoms with Gasteiger partial charge in [-0.1, -0.05) is 4.91 Å². The minimum absolute atomic E-state index is 0.155. The molecule has 5 nitrogen and oxygen atoms in total. The molecule has 2 aliphatic heterocycles. The second-order valence-electron chi connectivity index (χ2n) is 2.54. The van der Waals surface area contributed by atoms with E-state index in [2.05, 4.69) is 15.0 Å². The fourth-order valence-electron chi connectivity index (χ4n) is 1.12. The van der Waals surface area contributed by atoms with Crippen LogP contribution in [0.25, 0.3) is 0 Å². The summed E-state index contributed by atoms with van der Waals surface area (Å²) in [4.78, 5) is 22.7. The summed E-state index contributed by atoms with van der Waals surface area (Å²) >= 11 is 0. The van der Waals surface area contributed by atoms with Gasteiger partial charge in [-0.25, -0.2) is 0 Å². The molecule has 0 aliphatic carbocycles. The zero-order valence-electron chi connectivity index (χ0n) is 6.01. The minimum atomic E-state index is -0.176. The van der Waals surface area contributed by atoms with Crippen LogP contribution >= 0.6 is 0 Å². The normalized spacial score (nSPS) is 33.9. The van der Waals surface area contributed by atoms with Crippen molar-refractivity contribution < 1.29 is 4.76 Å². The summed E-state index contributed by atoms with van der Waals surface area (Å²) in [5.74, 6) is 0.643. The Hall–Kier alpha value is -1.39. The van der Waals surface area contributed by atoms with Crippen LogP contribution in [0.5, 0.6) is 0 Å². The molecule has 0 fully saturated rings. The largest absolute Gasteiger partial charge is 0.327 e. The number of hydrogen-bond acceptors (Lipinski definition) is 4. The Kier molecular flexibility index (Phi) is 1.18. The second kappa shape index (κ2) is 2.05. The van der Waals surface area contributed by atoms with Crippen molar-refractivity contribution in [1.82, 2.24) is 0 Å². The molecule has 0 amide bonds. The highest BCUT2D eigenvalue weighted by molar-refractivity contribution is 6.01. The third-order valence-corrected chi connectivity index (χ3v) is 1.84. The van der Waals surface area contributed by atoms with Crippen LogP contribution in [0.2, 0.25) is 0 Å². The molecule has 56 valence electrons. The maximum Gasteiger partial charge on any atom is 0.327 e. The zero-order valence-corrected chi connectivity index (χ0v) is 6.01. The topological polar surface area (TPSA) is 57.2 Å². The molecule has 11 heavy (non-hydrogen) atoms. The monoisotopic (exact) mass is 151 g/mol. The van der Waals surface area contributed by atoms with E-state index >= 15 is 0 Å². The first-order valence-corrected chi connectivity index (χ1v) is 3.38. The Morgan fingerprint density at radius 1 is 1.64 bits per heavy atom. The SMILES string of the molecule is CC1C2N=CN=C2N=C[N+]1=O. The molecule has 0 aromatic rings. The summed E-state index contributed by atoms with van der Waals surface area (Å²) in [6.45, 7) is 1.81. The van der Waals surface area contributed by atoms with Crippen LogP contribution in [0.1, 0.15) is 6.92 Å². The summed E-state index contributed by atoms with van der Waals surface area (Å²) in [7, 11) is 0. The Balaban J connectivity index is 2.40. The number of rotatable bonds is 0. The Morgan fingerprint density at radius 2 is 2.45 bits per heavy atom. The second-order valence-corrected chi connectivity index (χ2v) is 2.54. The number of fused-ring (bicyclic) bond motifs is 1. The predicted octanol–water partition coefficient (Wildman–Crippen LogP) is 0.00470. The van der Waals surface area contributed by atoms with Gasteiger partial charge in [0, 0.05) is 0 Å². The first-order chi connectivity index (χ1) is 5.29. The third-order valence-electron chi connectivity index (χ3n) is 1.84. The highest BCUT2D eigenvalue weighted by Gasteiger charge is 2.38. The lowest BCUT2D eigenvalue weighted by molar-refractivity contribution is -0.465. The van der Waals surface area contributed by atoms with Crippen molar-refractivity contribution in [2.75, 3.05) is 0 Å². The average molecular weight is 151 g/mol. The van der Waals surface area contributed by atoms with Gasteiger partial charge in [-0.05, 0) is 16.7 Å². The fraction of sp³-hybridized carbons (Fsp3) is 0.500. The molecule has 2 unspecified atom stereocenters. The summed E-state index contributed by atoms with van der Waals surface area (Å²) in [6, 6.07) is -0.331. The quantitative estimate of drug-likeness (QED) is 0.450. The summed E-state index contributed by atoms with van der Waals surface area (Å²) in [5, 5.41) is 0. The lowest BCUT2D eigenvalue weighted by Crippen LogP contribution is -2.39. The Labute approximate surface area is 63.1 Å². The summed E-state index contributed by atoms with van der Waals surface area (Å²) < 4.78 is 0.798. The van der Waals surface area contributed by atoms with Crippen LogP contribution in [0, 0.1) is 4.91 Å². The fourth-order valence-corrected chi connectivity index (χ4v) is 1.12. The van der Waals surface area contributed by atoms with Crippen molar-refractivity contribution in [2.24, 2.45) is 15.0 Å².